The minimum Gasteiger partial charge on any atom is -0.359 e. The zero-order chi connectivity index (χ0) is 49.9. The van der Waals surface area contributed by atoms with Gasteiger partial charge in [0.1, 0.15) is 23.0 Å². The van der Waals surface area contributed by atoms with Crippen molar-refractivity contribution in [2.45, 2.75) is 107 Å². The van der Waals surface area contributed by atoms with Crippen LogP contribution in [0.4, 0.5) is 0 Å². The van der Waals surface area contributed by atoms with Crippen LogP contribution in [0.2, 0.25) is 0 Å². The molecule has 368 valence electrons. The smallest absolute Gasteiger partial charge is 0.232 e. The Balaban J connectivity index is 0.000000263. The quantitative estimate of drug-likeness (QED) is 0.0950. The Bertz CT molecular complexity index is 2570. The van der Waals surface area contributed by atoms with Crippen molar-refractivity contribution in [3.8, 4) is 22.8 Å². The number of Topliss-reactive ketones (excluding diaryl/α,β-unsaturated/α-hetero) is 2. The number of benzene rings is 2. The SMILES string of the molecule is CCS(=O)(=O)Cl.CCS(=O)(=O)N1CCCn2c(-c3ccccc3)nc(C(=O)C[C@H](C(=O)NC)C(C)(C)C)c2C1.CNC(=O)[C@@H](CC(=O)c1nc(-c2ccccc2)n2c1CNCCC2)C(C)(C)C. The van der Waals surface area contributed by atoms with Gasteiger partial charge in [0.2, 0.25) is 30.9 Å². The van der Waals surface area contributed by atoms with E-state index in [9.17, 15) is 36.0 Å². The molecule has 0 aliphatic carbocycles. The lowest BCUT2D eigenvalue weighted by atomic mass is 9.77. The van der Waals surface area contributed by atoms with Gasteiger partial charge in [0, 0.05) is 74.9 Å². The summed E-state index contributed by atoms with van der Waals surface area (Å²) in [6.07, 6.45) is 1.77. The number of nitrogens with zero attached hydrogens (tertiary/aromatic N) is 5. The normalized spacial score (nSPS) is 15.4. The molecule has 16 nitrogen and oxygen atoms in total. The number of aromatic nitrogens is 4. The molecule has 0 fully saturated rings. The third-order valence-corrected chi connectivity index (χ3v) is 15.2. The van der Waals surface area contributed by atoms with Gasteiger partial charge in [-0.1, -0.05) is 109 Å². The Morgan fingerprint density at radius 1 is 0.672 bits per heavy atom. The minimum absolute atomic E-state index is 0.00126. The molecule has 3 N–H and O–H groups in total. The lowest BCUT2D eigenvalue weighted by molar-refractivity contribution is -0.128. The van der Waals surface area contributed by atoms with Crippen molar-refractivity contribution in [1.29, 1.82) is 0 Å². The van der Waals surface area contributed by atoms with Crippen molar-refractivity contribution in [2.24, 2.45) is 22.7 Å². The van der Waals surface area contributed by atoms with E-state index in [-0.39, 0.29) is 65.4 Å². The van der Waals surface area contributed by atoms with Crippen LogP contribution >= 0.6 is 10.7 Å². The van der Waals surface area contributed by atoms with Crippen LogP contribution in [0.15, 0.2) is 60.7 Å². The van der Waals surface area contributed by atoms with Gasteiger partial charge in [-0.3, -0.25) is 19.2 Å². The maximum Gasteiger partial charge on any atom is 0.232 e. The third-order valence-electron chi connectivity index (χ3n) is 12.0. The lowest BCUT2D eigenvalue weighted by Gasteiger charge is -2.28. The Morgan fingerprint density at radius 2 is 1.09 bits per heavy atom. The second-order valence-electron chi connectivity index (χ2n) is 18.8. The summed E-state index contributed by atoms with van der Waals surface area (Å²) in [6.45, 7) is 18.3. The minimum atomic E-state index is -3.43. The fourth-order valence-electron chi connectivity index (χ4n) is 7.99. The molecule has 2 aliphatic rings. The van der Waals surface area contributed by atoms with Crippen LogP contribution in [0.25, 0.3) is 22.8 Å². The van der Waals surface area contributed by atoms with Gasteiger partial charge in [-0.2, -0.15) is 4.31 Å². The van der Waals surface area contributed by atoms with E-state index in [1.165, 1.54) is 11.2 Å². The molecule has 0 radical (unpaired) electrons. The Hall–Kier alpha value is -4.75. The van der Waals surface area contributed by atoms with Crippen molar-refractivity contribution in [2.75, 3.05) is 38.7 Å². The first-order valence-corrected chi connectivity index (χ1v) is 26.9. The first kappa shape index (κ1) is 54.9. The first-order valence-electron chi connectivity index (χ1n) is 22.8. The highest BCUT2D eigenvalue weighted by molar-refractivity contribution is 8.13. The predicted molar refractivity (Wildman–Crippen MR) is 263 cm³/mol. The van der Waals surface area contributed by atoms with Gasteiger partial charge in [0.05, 0.1) is 41.3 Å². The summed E-state index contributed by atoms with van der Waals surface area (Å²) in [5, 5.41) is 8.75. The van der Waals surface area contributed by atoms with Crippen molar-refractivity contribution in [1.82, 2.24) is 39.4 Å². The van der Waals surface area contributed by atoms with Gasteiger partial charge in [-0.25, -0.2) is 26.8 Å². The highest BCUT2D eigenvalue weighted by Crippen LogP contribution is 2.34. The van der Waals surface area contributed by atoms with Crippen LogP contribution in [0.3, 0.4) is 0 Å². The molecule has 6 rings (SSSR count). The number of sulfonamides is 1. The average Bonchev–Trinajstić information content (AvgIpc) is 3.61. The van der Waals surface area contributed by atoms with Crippen LogP contribution in [0, 0.1) is 22.7 Å². The molecule has 0 unspecified atom stereocenters. The number of carbonyl (C=O) groups is 4. The number of nitrogens with one attached hydrogen (secondary N) is 3. The molecule has 2 aliphatic heterocycles. The summed E-state index contributed by atoms with van der Waals surface area (Å²) < 4.78 is 50.4. The molecule has 2 atom stereocenters. The molecule has 0 spiro atoms. The summed E-state index contributed by atoms with van der Waals surface area (Å²) >= 11 is 0. The highest BCUT2D eigenvalue weighted by Gasteiger charge is 2.37. The van der Waals surface area contributed by atoms with E-state index in [0.29, 0.717) is 43.3 Å². The van der Waals surface area contributed by atoms with E-state index in [4.69, 9.17) is 9.97 Å². The zero-order valence-electron chi connectivity index (χ0n) is 40.6. The topological polar surface area (TPSA) is 212 Å². The number of halogens is 1. The Labute approximate surface area is 401 Å². The van der Waals surface area contributed by atoms with E-state index in [1.54, 1.807) is 21.0 Å². The van der Waals surface area contributed by atoms with Crippen LogP contribution in [-0.2, 0) is 54.8 Å². The summed E-state index contributed by atoms with van der Waals surface area (Å²) in [4.78, 5) is 61.2. The monoisotopic (exact) mass is 984 g/mol. The van der Waals surface area contributed by atoms with Gasteiger partial charge in [0.25, 0.3) is 0 Å². The molecule has 0 bridgehead atoms. The summed E-state index contributed by atoms with van der Waals surface area (Å²) in [7, 11) is 1.25. The standard InChI is InChI=1S/C24H34N4O4S.C22H30N4O2.C2H5ClO2S/c1-6-33(31,32)27-13-10-14-28-19(16-27)21(26-22(28)17-11-8-7-9-12-17)20(29)15-18(23(30)25-5)24(2,3)4;1-22(2,3)16(21(28)23-4)13-18(27)19-17-14-24-11-8-12-26(17)20(25-19)15-9-6-5-7-10-15;1-2-6(3,4)5/h7-9,11-12,18H,6,10,13-16H2,1-5H3,(H,25,30);5-7,9-10,16,24H,8,11-14H2,1-4H3,(H,23,28);2H2,1H3/t18-;16-;/m11./s1. The molecule has 0 saturated heterocycles. The van der Waals surface area contributed by atoms with Crippen LogP contribution in [-0.4, -0.2) is 102 Å². The largest absolute Gasteiger partial charge is 0.359 e. The second-order valence-corrected chi connectivity index (χ2v) is 24.1. The number of amides is 2. The number of ketones is 2. The summed E-state index contributed by atoms with van der Waals surface area (Å²) in [5.74, 6) is -0.0692. The van der Waals surface area contributed by atoms with E-state index in [1.807, 2.05) is 107 Å². The van der Waals surface area contributed by atoms with Crippen molar-refractivity contribution >= 4 is 53.1 Å². The Morgan fingerprint density at radius 3 is 1.49 bits per heavy atom. The lowest BCUT2D eigenvalue weighted by Crippen LogP contribution is -2.38. The molecule has 19 heteroatoms. The van der Waals surface area contributed by atoms with Gasteiger partial charge in [0.15, 0.2) is 11.6 Å². The summed E-state index contributed by atoms with van der Waals surface area (Å²) in [5.41, 5.74) is 3.39. The fraction of sp³-hybridized carbons (Fsp3) is 0.542. The van der Waals surface area contributed by atoms with Gasteiger partial charge in [-0.05, 0) is 37.1 Å². The number of imidazole rings is 2. The zero-order valence-corrected chi connectivity index (χ0v) is 43.0. The van der Waals surface area contributed by atoms with Crippen LogP contribution in [0.5, 0.6) is 0 Å². The molecule has 2 aromatic carbocycles. The van der Waals surface area contributed by atoms with Crippen molar-refractivity contribution in [3.05, 3.63) is 83.4 Å². The third kappa shape index (κ3) is 14.6. The average molecular weight is 986 g/mol. The molecular weight excluding hydrogens is 916 g/mol. The molecular formula is C48H69ClN8O8S2. The van der Waals surface area contributed by atoms with E-state index in [2.05, 4.69) is 31.2 Å². The maximum atomic E-state index is 13.6. The van der Waals surface area contributed by atoms with Crippen LogP contribution in [0.1, 0.15) is 113 Å². The van der Waals surface area contributed by atoms with E-state index >= 15 is 0 Å². The maximum absolute atomic E-state index is 13.6. The van der Waals surface area contributed by atoms with E-state index < -0.39 is 36.3 Å². The fourth-order valence-corrected chi connectivity index (χ4v) is 9.08. The molecule has 67 heavy (non-hydrogen) atoms. The number of carbonyl (C=O) groups excluding carboxylic acids is 4. The molecule has 2 amide bonds. The number of fused-ring (bicyclic) bond motifs is 2. The van der Waals surface area contributed by atoms with Crippen molar-refractivity contribution in [3.63, 3.8) is 0 Å². The molecule has 4 heterocycles. The number of hydrogen-bond donors (Lipinski definition) is 3. The number of rotatable bonds is 13. The molecule has 2 aromatic heterocycles. The summed E-state index contributed by atoms with van der Waals surface area (Å²) in [6, 6.07) is 19.6. The van der Waals surface area contributed by atoms with Crippen LogP contribution < -0.4 is 16.0 Å². The predicted octanol–water partition coefficient (Wildman–Crippen LogP) is 6.69. The first-order chi connectivity index (χ1) is 31.4. The Kier molecular flexibility index (Phi) is 19.2. The van der Waals surface area contributed by atoms with Gasteiger partial charge >= 0.3 is 0 Å². The van der Waals surface area contributed by atoms with Gasteiger partial charge < -0.3 is 25.1 Å². The molecule has 4 aromatic rings. The van der Waals surface area contributed by atoms with Crippen molar-refractivity contribution < 1.29 is 36.0 Å². The molecule has 0 saturated carbocycles. The second kappa shape index (κ2) is 23.5. The number of hydrogen-bond acceptors (Lipinski definition) is 11. The van der Waals surface area contributed by atoms with E-state index in [0.717, 1.165) is 42.2 Å². The van der Waals surface area contributed by atoms with Gasteiger partial charge in [-0.15, -0.1) is 0 Å². The highest BCUT2D eigenvalue weighted by atomic mass is 35.7.